The van der Waals surface area contributed by atoms with Crippen molar-refractivity contribution in [2.75, 3.05) is 19.6 Å². The van der Waals surface area contributed by atoms with Crippen LogP contribution in [0.1, 0.15) is 42.7 Å². The molecule has 1 heterocycles. The molecule has 0 unspecified atom stereocenters. The molecule has 1 rings (SSSR count). The van der Waals surface area contributed by atoms with Crippen molar-refractivity contribution in [2.24, 2.45) is 0 Å². The van der Waals surface area contributed by atoms with E-state index in [2.05, 4.69) is 29.6 Å². The van der Waals surface area contributed by atoms with Gasteiger partial charge in [-0.3, -0.25) is 9.48 Å². The van der Waals surface area contributed by atoms with Gasteiger partial charge in [0.25, 0.3) is 5.91 Å². The number of hydrogen-bond acceptors (Lipinski definition) is 3. The van der Waals surface area contributed by atoms with Crippen LogP contribution in [0.2, 0.25) is 0 Å². The molecule has 0 radical (unpaired) electrons. The summed E-state index contributed by atoms with van der Waals surface area (Å²) < 4.78 is 1.88. The fourth-order valence-corrected chi connectivity index (χ4v) is 1.77. The van der Waals surface area contributed by atoms with Gasteiger partial charge in [-0.25, -0.2) is 0 Å². The van der Waals surface area contributed by atoms with E-state index in [0.29, 0.717) is 12.1 Å². The van der Waals surface area contributed by atoms with Gasteiger partial charge in [-0.1, -0.05) is 13.8 Å². The molecule has 1 amide bonds. The van der Waals surface area contributed by atoms with Crippen LogP contribution in [0.4, 0.5) is 0 Å². The fourth-order valence-electron chi connectivity index (χ4n) is 1.77. The molecule has 5 heteroatoms. The second-order valence-corrected chi connectivity index (χ2v) is 4.37. The molecule has 0 bridgehead atoms. The number of aromatic nitrogens is 2. The minimum absolute atomic E-state index is 0.0341. The highest BCUT2D eigenvalue weighted by atomic mass is 16.1. The molecule has 0 aliphatic heterocycles. The predicted octanol–water partition coefficient (Wildman–Crippen LogP) is 1.33. The highest BCUT2D eigenvalue weighted by Crippen LogP contribution is 2.07. The Bertz CT molecular complexity index is 373. The Balaban J connectivity index is 2.41. The summed E-state index contributed by atoms with van der Waals surface area (Å²) in [6.07, 6.45) is 3.78. The number of carbonyl (C=O) groups is 1. The Kier molecular flexibility index (Phi) is 6.43. The third kappa shape index (κ3) is 4.14. The van der Waals surface area contributed by atoms with Crippen molar-refractivity contribution in [2.45, 2.75) is 40.2 Å². The molecule has 0 saturated heterocycles. The van der Waals surface area contributed by atoms with Crippen LogP contribution in [-0.2, 0) is 6.54 Å². The van der Waals surface area contributed by atoms with Gasteiger partial charge in [0.2, 0.25) is 0 Å². The van der Waals surface area contributed by atoms with Gasteiger partial charge in [-0.05, 0) is 26.3 Å². The van der Waals surface area contributed by atoms with Crippen molar-refractivity contribution in [3.8, 4) is 0 Å². The minimum Gasteiger partial charge on any atom is -0.351 e. The van der Waals surface area contributed by atoms with Gasteiger partial charge in [0.15, 0.2) is 0 Å². The van der Waals surface area contributed by atoms with E-state index >= 15 is 0 Å². The lowest BCUT2D eigenvalue weighted by Crippen LogP contribution is -2.32. The summed E-state index contributed by atoms with van der Waals surface area (Å²) in [6, 6.07) is 0. The van der Waals surface area contributed by atoms with Crippen molar-refractivity contribution >= 4 is 5.91 Å². The number of nitrogens with one attached hydrogen (secondary N) is 2. The zero-order valence-electron chi connectivity index (χ0n) is 11.6. The van der Waals surface area contributed by atoms with Crippen LogP contribution in [0.15, 0.2) is 6.20 Å². The van der Waals surface area contributed by atoms with E-state index in [9.17, 15) is 4.79 Å². The van der Waals surface area contributed by atoms with Gasteiger partial charge in [0.1, 0.15) is 0 Å². The lowest BCUT2D eigenvalue weighted by Gasteiger charge is -2.06. The molecular formula is C13H24N4O. The summed E-state index contributed by atoms with van der Waals surface area (Å²) in [4.78, 5) is 11.9. The lowest BCUT2D eigenvalue weighted by atomic mass is 10.2. The van der Waals surface area contributed by atoms with Gasteiger partial charge in [-0.2, -0.15) is 5.10 Å². The van der Waals surface area contributed by atoms with Gasteiger partial charge in [0.05, 0.1) is 11.8 Å². The first-order valence-electron chi connectivity index (χ1n) is 6.72. The summed E-state index contributed by atoms with van der Waals surface area (Å²) in [5, 5.41) is 10.4. The topological polar surface area (TPSA) is 58.9 Å². The van der Waals surface area contributed by atoms with Crippen LogP contribution in [0.5, 0.6) is 0 Å². The predicted molar refractivity (Wildman–Crippen MR) is 72.7 cm³/mol. The third-order valence-corrected chi connectivity index (χ3v) is 2.80. The SMILES string of the molecule is CCCNCCNC(=O)c1cnn(CCC)c1C. The molecule has 0 aliphatic carbocycles. The van der Waals surface area contributed by atoms with Crippen LogP contribution in [0.3, 0.4) is 0 Å². The standard InChI is InChI=1S/C13H24N4O/c1-4-6-14-7-8-15-13(18)12-10-16-17(9-5-2)11(12)3/h10,14H,4-9H2,1-3H3,(H,15,18). The Morgan fingerprint density at radius 2 is 2.06 bits per heavy atom. The summed E-state index contributed by atoms with van der Waals surface area (Å²) >= 11 is 0. The Morgan fingerprint density at radius 3 is 2.72 bits per heavy atom. The third-order valence-electron chi connectivity index (χ3n) is 2.80. The average molecular weight is 252 g/mol. The van der Waals surface area contributed by atoms with Gasteiger partial charge in [-0.15, -0.1) is 0 Å². The van der Waals surface area contributed by atoms with E-state index in [1.54, 1.807) is 6.20 Å². The molecule has 102 valence electrons. The molecule has 0 aliphatic rings. The van der Waals surface area contributed by atoms with Gasteiger partial charge >= 0.3 is 0 Å². The van der Waals surface area contributed by atoms with Crippen LogP contribution < -0.4 is 10.6 Å². The van der Waals surface area contributed by atoms with E-state index in [1.807, 2.05) is 11.6 Å². The number of hydrogen-bond donors (Lipinski definition) is 2. The van der Waals surface area contributed by atoms with Crippen LogP contribution in [0.25, 0.3) is 0 Å². The molecule has 5 nitrogen and oxygen atoms in total. The molecule has 1 aromatic heterocycles. The second-order valence-electron chi connectivity index (χ2n) is 4.37. The van der Waals surface area contributed by atoms with E-state index in [4.69, 9.17) is 0 Å². The van der Waals surface area contributed by atoms with Crippen molar-refractivity contribution in [1.29, 1.82) is 0 Å². The zero-order valence-corrected chi connectivity index (χ0v) is 11.6. The number of rotatable bonds is 8. The van der Waals surface area contributed by atoms with E-state index in [1.165, 1.54) is 0 Å². The number of amides is 1. The first-order chi connectivity index (χ1) is 8.70. The molecule has 0 fully saturated rings. The van der Waals surface area contributed by atoms with Gasteiger partial charge in [0, 0.05) is 25.3 Å². The summed E-state index contributed by atoms with van der Waals surface area (Å²) in [7, 11) is 0. The first-order valence-corrected chi connectivity index (χ1v) is 6.72. The van der Waals surface area contributed by atoms with Crippen molar-refractivity contribution in [3.63, 3.8) is 0 Å². The second kappa shape index (κ2) is 7.87. The molecule has 0 spiro atoms. The molecule has 0 atom stereocenters. The maximum atomic E-state index is 11.9. The smallest absolute Gasteiger partial charge is 0.254 e. The minimum atomic E-state index is -0.0341. The highest BCUT2D eigenvalue weighted by molar-refractivity contribution is 5.95. The summed E-state index contributed by atoms with van der Waals surface area (Å²) in [6.45, 7) is 9.46. The maximum Gasteiger partial charge on any atom is 0.254 e. The molecule has 2 N–H and O–H groups in total. The quantitative estimate of drug-likeness (QED) is 0.686. The van der Waals surface area contributed by atoms with Crippen LogP contribution in [-0.4, -0.2) is 35.3 Å². The number of nitrogens with zero attached hydrogens (tertiary/aromatic N) is 2. The summed E-state index contributed by atoms with van der Waals surface area (Å²) in [5.74, 6) is -0.0341. The largest absolute Gasteiger partial charge is 0.351 e. The highest BCUT2D eigenvalue weighted by Gasteiger charge is 2.12. The average Bonchev–Trinajstić information content (AvgIpc) is 2.71. The normalized spacial score (nSPS) is 10.6. The number of aryl methyl sites for hydroxylation is 1. The van der Waals surface area contributed by atoms with Crippen molar-refractivity contribution in [1.82, 2.24) is 20.4 Å². The molecule has 0 saturated carbocycles. The van der Waals surface area contributed by atoms with Gasteiger partial charge < -0.3 is 10.6 Å². The van der Waals surface area contributed by atoms with Crippen LogP contribution in [0, 0.1) is 6.92 Å². The van der Waals surface area contributed by atoms with Crippen molar-refractivity contribution < 1.29 is 4.79 Å². The molecule has 18 heavy (non-hydrogen) atoms. The Morgan fingerprint density at radius 1 is 1.28 bits per heavy atom. The molecule has 0 aromatic carbocycles. The monoisotopic (exact) mass is 252 g/mol. The molecular weight excluding hydrogens is 228 g/mol. The zero-order chi connectivity index (χ0) is 13.4. The van der Waals surface area contributed by atoms with Crippen LogP contribution >= 0.6 is 0 Å². The fraction of sp³-hybridized carbons (Fsp3) is 0.692. The Labute approximate surface area is 109 Å². The number of carbonyl (C=O) groups excluding carboxylic acids is 1. The first kappa shape index (κ1) is 14.7. The van der Waals surface area contributed by atoms with E-state index in [-0.39, 0.29) is 5.91 Å². The lowest BCUT2D eigenvalue weighted by molar-refractivity contribution is 0.0953. The maximum absolute atomic E-state index is 11.9. The Hall–Kier alpha value is -1.36. The molecule has 1 aromatic rings. The van der Waals surface area contributed by atoms with E-state index < -0.39 is 0 Å². The van der Waals surface area contributed by atoms with Crippen molar-refractivity contribution in [3.05, 3.63) is 17.5 Å². The van der Waals surface area contributed by atoms with E-state index in [0.717, 1.165) is 38.2 Å². The summed E-state index contributed by atoms with van der Waals surface area (Å²) in [5.41, 5.74) is 1.62.